The Labute approximate surface area is 185 Å². The van der Waals surface area contributed by atoms with Gasteiger partial charge in [-0.2, -0.15) is 4.31 Å². The molecule has 0 saturated carbocycles. The van der Waals surface area contributed by atoms with E-state index in [-0.39, 0.29) is 13.1 Å². The molecule has 0 unspecified atom stereocenters. The van der Waals surface area contributed by atoms with Crippen LogP contribution in [0.15, 0.2) is 95.9 Å². The van der Waals surface area contributed by atoms with Gasteiger partial charge in [-0.25, -0.2) is 8.42 Å². The van der Waals surface area contributed by atoms with Crippen molar-refractivity contribution in [2.75, 3.05) is 20.2 Å². The average Bonchev–Trinajstić information content (AvgIpc) is 2.79. The molecular weight excluding hydrogens is 406 g/mol. The van der Waals surface area contributed by atoms with Crippen molar-refractivity contribution >= 4 is 22.2 Å². The van der Waals surface area contributed by atoms with E-state index in [4.69, 9.17) is 4.74 Å². The van der Waals surface area contributed by atoms with Crippen molar-refractivity contribution in [2.24, 2.45) is 0 Å². The molecule has 3 aromatic carbocycles. The van der Waals surface area contributed by atoms with Crippen molar-refractivity contribution in [3.8, 4) is 5.75 Å². The van der Waals surface area contributed by atoms with Crippen LogP contribution in [0.25, 0.3) is 12.2 Å². The van der Waals surface area contributed by atoms with Crippen molar-refractivity contribution < 1.29 is 13.2 Å². The zero-order chi connectivity index (χ0) is 22.1. The van der Waals surface area contributed by atoms with E-state index in [0.29, 0.717) is 4.90 Å². The van der Waals surface area contributed by atoms with Gasteiger partial charge in [0.25, 0.3) is 0 Å². The van der Waals surface area contributed by atoms with Crippen LogP contribution in [0.1, 0.15) is 16.7 Å². The summed E-state index contributed by atoms with van der Waals surface area (Å²) in [5, 5.41) is 0. The van der Waals surface area contributed by atoms with Crippen LogP contribution in [0.4, 0.5) is 0 Å². The third-order valence-electron chi connectivity index (χ3n) is 4.81. The van der Waals surface area contributed by atoms with Crippen LogP contribution in [0.2, 0.25) is 0 Å². The molecule has 0 spiro atoms. The normalized spacial score (nSPS) is 12.1. The minimum atomic E-state index is -3.63. The summed E-state index contributed by atoms with van der Waals surface area (Å²) >= 11 is 0. The van der Waals surface area contributed by atoms with Crippen molar-refractivity contribution in [3.05, 3.63) is 108 Å². The van der Waals surface area contributed by atoms with Gasteiger partial charge in [0.2, 0.25) is 10.0 Å². The zero-order valence-electron chi connectivity index (χ0n) is 17.8. The monoisotopic (exact) mass is 433 g/mol. The SMILES string of the molecule is COc1ccc(/C=C/CN(C/C=C/c2ccccc2)S(=O)(=O)c2ccc(C)cc2)cc1. The number of hydrogen-bond acceptors (Lipinski definition) is 3. The Morgan fingerprint density at radius 3 is 1.87 bits per heavy atom. The van der Waals surface area contributed by atoms with E-state index in [1.165, 1.54) is 4.31 Å². The molecule has 0 aliphatic rings. The lowest BCUT2D eigenvalue weighted by Gasteiger charge is -2.19. The lowest BCUT2D eigenvalue weighted by Crippen LogP contribution is -2.31. The Bertz CT molecular complexity index is 1120. The second-order valence-electron chi connectivity index (χ2n) is 7.12. The van der Waals surface area contributed by atoms with Gasteiger partial charge in [0, 0.05) is 13.1 Å². The van der Waals surface area contributed by atoms with E-state index in [1.54, 1.807) is 19.2 Å². The second kappa shape index (κ2) is 10.8. The van der Waals surface area contributed by atoms with Gasteiger partial charge in [0.05, 0.1) is 12.0 Å². The molecule has 0 saturated heterocycles. The standard InChI is InChI=1S/C26H27NO3S/c1-22-12-18-26(19-13-22)31(28,29)27(20-6-10-23-8-4-3-5-9-23)21-7-11-24-14-16-25(30-2)17-15-24/h3-19H,20-21H2,1-2H3/b10-6+,11-7+. The summed E-state index contributed by atoms with van der Waals surface area (Å²) < 4.78 is 33.2. The summed E-state index contributed by atoms with van der Waals surface area (Å²) in [6.45, 7) is 2.48. The van der Waals surface area contributed by atoms with E-state index >= 15 is 0 Å². The van der Waals surface area contributed by atoms with Crippen LogP contribution < -0.4 is 4.74 Å². The maximum Gasteiger partial charge on any atom is 0.243 e. The number of sulfonamides is 1. The van der Waals surface area contributed by atoms with Gasteiger partial charge in [-0.05, 0) is 42.3 Å². The first kappa shape index (κ1) is 22.5. The van der Waals surface area contributed by atoms with Gasteiger partial charge in [-0.15, -0.1) is 0 Å². The molecule has 0 aliphatic carbocycles. The molecule has 0 aromatic heterocycles. The first-order valence-electron chi connectivity index (χ1n) is 10.1. The Balaban J connectivity index is 1.79. The summed E-state index contributed by atoms with van der Waals surface area (Å²) in [4.78, 5) is 0.295. The van der Waals surface area contributed by atoms with Crippen molar-refractivity contribution in [1.82, 2.24) is 4.31 Å². The molecule has 0 atom stereocenters. The first-order chi connectivity index (χ1) is 15.0. The van der Waals surface area contributed by atoms with Crippen LogP contribution >= 0.6 is 0 Å². The minimum Gasteiger partial charge on any atom is -0.497 e. The number of hydrogen-bond donors (Lipinski definition) is 0. The van der Waals surface area contributed by atoms with Gasteiger partial charge in [-0.3, -0.25) is 0 Å². The van der Waals surface area contributed by atoms with Crippen LogP contribution in [-0.4, -0.2) is 32.9 Å². The molecule has 3 rings (SSSR count). The maximum atomic E-state index is 13.3. The third kappa shape index (κ3) is 6.41. The fourth-order valence-electron chi connectivity index (χ4n) is 3.02. The summed E-state index contributed by atoms with van der Waals surface area (Å²) in [6, 6.07) is 24.4. The van der Waals surface area contributed by atoms with Gasteiger partial charge >= 0.3 is 0 Å². The molecule has 31 heavy (non-hydrogen) atoms. The molecule has 0 bridgehead atoms. The van der Waals surface area contributed by atoms with Crippen LogP contribution in [0.3, 0.4) is 0 Å². The molecule has 3 aromatic rings. The van der Waals surface area contributed by atoms with Gasteiger partial charge in [0.15, 0.2) is 0 Å². The van der Waals surface area contributed by atoms with Gasteiger partial charge in [-0.1, -0.05) is 84.5 Å². The van der Waals surface area contributed by atoms with Crippen LogP contribution in [0, 0.1) is 6.92 Å². The maximum absolute atomic E-state index is 13.3. The topological polar surface area (TPSA) is 46.6 Å². The molecular formula is C26H27NO3S. The number of nitrogens with zero attached hydrogens (tertiary/aromatic N) is 1. The lowest BCUT2D eigenvalue weighted by atomic mass is 10.2. The number of benzene rings is 3. The smallest absolute Gasteiger partial charge is 0.243 e. The number of rotatable bonds is 9. The summed E-state index contributed by atoms with van der Waals surface area (Å²) in [7, 11) is -2.00. The lowest BCUT2D eigenvalue weighted by molar-refractivity contribution is 0.415. The Kier molecular flexibility index (Phi) is 7.82. The highest BCUT2D eigenvalue weighted by atomic mass is 32.2. The molecule has 0 radical (unpaired) electrons. The highest BCUT2D eigenvalue weighted by molar-refractivity contribution is 7.89. The molecule has 0 amide bonds. The van der Waals surface area contributed by atoms with Crippen molar-refractivity contribution in [1.29, 1.82) is 0 Å². The zero-order valence-corrected chi connectivity index (χ0v) is 18.6. The Hall–Kier alpha value is -3.15. The summed E-state index contributed by atoms with van der Waals surface area (Å²) in [6.07, 6.45) is 7.59. The molecule has 0 heterocycles. The Morgan fingerprint density at radius 2 is 1.32 bits per heavy atom. The van der Waals surface area contributed by atoms with Crippen molar-refractivity contribution in [3.63, 3.8) is 0 Å². The van der Waals surface area contributed by atoms with E-state index in [9.17, 15) is 8.42 Å². The molecule has 5 heteroatoms. The quantitative estimate of drug-likeness (QED) is 0.453. The first-order valence-corrected chi connectivity index (χ1v) is 11.5. The minimum absolute atomic E-state index is 0.265. The van der Waals surface area contributed by atoms with Gasteiger partial charge < -0.3 is 4.74 Å². The largest absolute Gasteiger partial charge is 0.497 e. The number of methoxy groups -OCH3 is 1. The van der Waals surface area contributed by atoms with E-state index in [2.05, 4.69) is 0 Å². The van der Waals surface area contributed by atoms with E-state index in [0.717, 1.165) is 22.4 Å². The van der Waals surface area contributed by atoms with Gasteiger partial charge in [0.1, 0.15) is 5.75 Å². The number of ether oxygens (including phenoxy) is 1. The number of aryl methyl sites for hydroxylation is 1. The third-order valence-corrected chi connectivity index (χ3v) is 6.66. The Morgan fingerprint density at radius 1 is 0.774 bits per heavy atom. The molecule has 160 valence electrons. The van der Waals surface area contributed by atoms with E-state index in [1.807, 2.05) is 98.0 Å². The van der Waals surface area contributed by atoms with E-state index < -0.39 is 10.0 Å². The average molecular weight is 434 g/mol. The fourth-order valence-corrected chi connectivity index (χ4v) is 4.36. The molecule has 0 aliphatic heterocycles. The summed E-state index contributed by atoms with van der Waals surface area (Å²) in [5.74, 6) is 0.784. The highest BCUT2D eigenvalue weighted by Gasteiger charge is 2.22. The van der Waals surface area contributed by atoms with Crippen LogP contribution in [0.5, 0.6) is 5.75 Å². The summed E-state index contributed by atoms with van der Waals surface area (Å²) in [5.41, 5.74) is 3.03. The predicted molar refractivity (Wildman–Crippen MR) is 127 cm³/mol. The molecule has 4 nitrogen and oxygen atoms in total. The fraction of sp³-hybridized carbons (Fsp3) is 0.154. The predicted octanol–water partition coefficient (Wildman–Crippen LogP) is 5.42. The van der Waals surface area contributed by atoms with Crippen molar-refractivity contribution in [2.45, 2.75) is 11.8 Å². The molecule has 0 fully saturated rings. The molecule has 0 N–H and O–H groups in total. The van der Waals surface area contributed by atoms with Crippen LogP contribution in [-0.2, 0) is 10.0 Å². The highest BCUT2D eigenvalue weighted by Crippen LogP contribution is 2.18. The second-order valence-corrected chi connectivity index (χ2v) is 9.06.